The smallest absolute Gasteiger partial charge is 0.226 e. The van der Waals surface area contributed by atoms with E-state index in [2.05, 4.69) is 34.3 Å². The monoisotopic (exact) mass is 301 g/mol. The maximum absolute atomic E-state index is 12.5. The predicted octanol–water partition coefficient (Wildman–Crippen LogP) is 2.74. The Balaban J connectivity index is 1.45. The number of nitrogens with one attached hydrogen (secondary N) is 1. The Labute approximate surface area is 133 Å². The summed E-state index contributed by atoms with van der Waals surface area (Å²) < 4.78 is 0. The molecule has 0 radical (unpaired) electrons. The van der Waals surface area contributed by atoms with E-state index < -0.39 is 0 Å². The molecule has 2 fully saturated rings. The summed E-state index contributed by atoms with van der Waals surface area (Å²) in [5.74, 6) is 0.314. The minimum absolute atomic E-state index is 0.0336. The molecule has 1 N–H and O–H groups in total. The van der Waals surface area contributed by atoms with E-state index in [1.807, 2.05) is 12.4 Å². The van der Waals surface area contributed by atoms with Crippen molar-refractivity contribution in [1.29, 1.82) is 0 Å². The van der Waals surface area contributed by atoms with Gasteiger partial charge in [0.05, 0.1) is 0 Å². The Morgan fingerprint density at radius 2 is 2.00 bits per heavy atom. The molecule has 0 aromatic carbocycles. The van der Waals surface area contributed by atoms with Crippen molar-refractivity contribution < 1.29 is 4.79 Å². The van der Waals surface area contributed by atoms with Crippen LogP contribution < -0.4 is 5.32 Å². The van der Waals surface area contributed by atoms with Crippen LogP contribution in [-0.2, 0) is 11.3 Å². The second-order valence-corrected chi connectivity index (χ2v) is 6.87. The first-order chi connectivity index (χ1) is 10.7. The van der Waals surface area contributed by atoms with E-state index in [0.717, 1.165) is 51.7 Å². The lowest BCUT2D eigenvalue weighted by Gasteiger charge is -2.41. The van der Waals surface area contributed by atoms with Gasteiger partial charge in [0, 0.05) is 43.5 Å². The van der Waals surface area contributed by atoms with Gasteiger partial charge in [-0.25, -0.2) is 0 Å². The van der Waals surface area contributed by atoms with Crippen molar-refractivity contribution in [1.82, 2.24) is 15.2 Å². The summed E-state index contributed by atoms with van der Waals surface area (Å²) in [5, 5.41) is 3.32. The number of hydrogen-bond donors (Lipinski definition) is 1. The molecule has 120 valence electrons. The van der Waals surface area contributed by atoms with E-state index >= 15 is 0 Å². The number of rotatable bonds is 5. The highest BCUT2D eigenvalue weighted by Crippen LogP contribution is 2.44. The van der Waals surface area contributed by atoms with Crippen LogP contribution in [0, 0.1) is 5.41 Å². The van der Waals surface area contributed by atoms with Gasteiger partial charge in [0.2, 0.25) is 5.91 Å². The number of nitrogens with zero attached hydrogens (tertiary/aromatic N) is 2. The largest absolute Gasteiger partial charge is 0.353 e. The summed E-state index contributed by atoms with van der Waals surface area (Å²) in [6.45, 7) is 5.26. The first kappa shape index (κ1) is 15.5. The number of carbonyl (C=O) groups excluding carboxylic acids is 1. The van der Waals surface area contributed by atoms with Gasteiger partial charge in [-0.3, -0.25) is 14.7 Å². The highest BCUT2D eigenvalue weighted by molar-refractivity contribution is 5.83. The summed E-state index contributed by atoms with van der Waals surface area (Å²) in [6, 6.07) is 4.52. The van der Waals surface area contributed by atoms with Crippen LogP contribution in [0.2, 0.25) is 0 Å². The molecule has 4 heteroatoms. The van der Waals surface area contributed by atoms with Crippen LogP contribution >= 0.6 is 0 Å². The quantitative estimate of drug-likeness (QED) is 0.909. The van der Waals surface area contributed by atoms with E-state index in [4.69, 9.17) is 0 Å². The van der Waals surface area contributed by atoms with E-state index in [-0.39, 0.29) is 5.41 Å². The number of likely N-dealkylation sites (tertiary alicyclic amines) is 1. The Hall–Kier alpha value is -1.42. The van der Waals surface area contributed by atoms with Crippen LogP contribution in [0.1, 0.15) is 51.0 Å². The maximum atomic E-state index is 12.5. The van der Waals surface area contributed by atoms with Gasteiger partial charge < -0.3 is 5.32 Å². The predicted molar refractivity (Wildman–Crippen MR) is 87.3 cm³/mol. The minimum Gasteiger partial charge on any atom is -0.353 e. The van der Waals surface area contributed by atoms with Crippen LogP contribution in [-0.4, -0.2) is 34.9 Å². The maximum Gasteiger partial charge on any atom is 0.226 e. The summed E-state index contributed by atoms with van der Waals surface area (Å²) in [6.07, 6.45) is 10.2. The molecule has 1 aliphatic carbocycles. The standard InChI is InChI=1S/C18H27N3O/c1-2-18(8-3-9-18)17(22)20-16-6-12-21(13-7-16)14-15-4-10-19-11-5-15/h4-5,10-11,16H,2-3,6-9,12-14H2,1H3,(H,20,22). The fraction of sp³-hybridized carbons (Fsp3) is 0.667. The zero-order valence-electron chi connectivity index (χ0n) is 13.6. The van der Waals surface area contributed by atoms with E-state index in [9.17, 15) is 4.79 Å². The van der Waals surface area contributed by atoms with Crippen molar-refractivity contribution in [2.24, 2.45) is 5.41 Å². The lowest BCUT2D eigenvalue weighted by Crippen LogP contribution is -2.51. The summed E-state index contributed by atoms with van der Waals surface area (Å²) in [5.41, 5.74) is 1.28. The van der Waals surface area contributed by atoms with Crippen LogP contribution in [0.4, 0.5) is 0 Å². The average Bonchev–Trinajstić information content (AvgIpc) is 2.50. The third-order valence-electron chi connectivity index (χ3n) is 5.55. The molecule has 1 aromatic heterocycles. The lowest BCUT2D eigenvalue weighted by molar-refractivity contribution is -0.137. The molecule has 1 amide bonds. The number of carbonyl (C=O) groups is 1. The number of pyridine rings is 1. The lowest BCUT2D eigenvalue weighted by atomic mass is 9.66. The van der Waals surface area contributed by atoms with E-state index in [0.29, 0.717) is 11.9 Å². The molecule has 0 unspecified atom stereocenters. The van der Waals surface area contributed by atoms with Crippen molar-refractivity contribution in [3.8, 4) is 0 Å². The Kier molecular flexibility index (Phi) is 4.77. The third-order valence-corrected chi connectivity index (χ3v) is 5.55. The molecular formula is C18H27N3O. The number of aromatic nitrogens is 1. The van der Waals surface area contributed by atoms with Crippen molar-refractivity contribution in [2.75, 3.05) is 13.1 Å². The third kappa shape index (κ3) is 3.32. The fourth-order valence-electron chi connectivity index (χ4n) is 3.67. The van der Waals surface area contributed by atoms with Gasteiger partial charge in [0.25, 0.3) is 0 Å². The topological polar surface area (TPSA) is 45.2 Å². The minimum atomic E-state index is -0.0336. The second kappa shape index (κ2) is 6.78. The molecule has 22 heavy (non-hydrogen) atoms. The van der Waals surface area contributed by atoms with E-state index in [1.54, 1.807) is 0 Å². The highest BCUT2D eigenvalue weighted by atomic mass is 16.2. The van der Waals surface area contributed by atoms with Gasteiger partial charge in [-0.05, 0) is 49.8 Å². The normalized spacial score (nSPS) is 22.0. The van der Waals surface area contributed by atoms with E-state index in [1.165, 1.54) is 12.0 Å². The average molecular weight is 301 g/mol. The molecule has 1 aliphatic heterocycles. The van der Waals surface area contributed by atoms with Gasteiger partial charge in [-0.2, -0.15) is 0 Å². The molecule has 4 nitrogen and oxygen atoms in total. The number of amides is 1. The molecule has 0 spiro atoms. The Bertz CT molecular complexity index is 485. The SMILES string of the molecule is CCC1(C(=O)NC2CCN(Cc3ccncc3)CC2)CCC1. The van der Waals surface area contributed by atoms with Crippen LogP contribution in [0.15, 0.2) is 24.5 Å². The van der Waals surface area contributed by atoms with Crippen LogP contribution in [0.25, 0.3) is 0 Å². The molecule has 2 heterocycles. The number of hydrogen-bond acceptors (Lipinski definition) is 3. The van der Waals surface area contributed by atoms with Gasteiger partial charge in [-0.15, -0.1) is 0 Å². The van der Waals surface area contributed by atoms with Gasteiger partial charge in [0.1, 0.15) is 0 Å². The Morgan fingerprint density at radius 3 is 2.55 bits per heavy atom. The summed E-state index contributed by atoms with van der Waals surface area (Å²) in [7, 11) is 0. The summed E-state index contributed by atoms with van der Waals surface area (Å²) >= 11 is 0. The van der Waals surface area contributed by atoms with Gasteiger partial charge >= 0.3 is 0 Å². The van der Waals surface area contributed by atoms with Gasteiger partial charge in [0.15, 0.2) is 0 Å². The van der Waals surface area contributed by atoms with Crippen molar-refractivity contribution in [2.45, 2.75) is 58.0 Å². The van der Waals surface area contributed by atoms with Crippen molar-refractivity contribution in [3.05, 3.63) is 30.1 Å². The van der Waals surface area contributed by atoms with Crippen molar-refractivity contribution >= 4 is 5.91 Å². The number of piperidine rings is 1. The van der Waals surface area contributed by atoms with Gasteiger partial charge in [-0.1, -0.05) is 13.3 Å². The Morgan fingerprint density at radius 1 is 1.32 bits per heavy atom. The van der Waals surface area contributed by atoms with Crippen LogP contribution in [0.5, 0.6) is 0 Å². The molecule has 0 atom stereocenters. The molecular weight excluding hydrogens is 274 g/mol. The molecule has 0 bridgehead atoms. The van der Waals surface area contributed by atoms with Crippen LogP contribution in [0.3, 0.4) is 0 Å². The zero-order chi connectivity index (χ0) is 15.4. The molecule has 1 aromatic rings. The molecule has 2 aliphatic rings. The summed E-state index contributed by atoms with van der Waals surface area (Å²) in [4.78, 5) is 19.0. The zero-order valence-corrected chi connectivity index (χ0v) is 13.6. The highest BCUT2D eigenvalue weighted by Gasteiger charge is 2.42. The second-order valence-electron chi connectivity index (χ2n) is 6.87. The first-order valence-corrected chi connectivity index (χ1v) is 8.64. The fourth-order valence-corrected chi connectivity index (χ4v) is 3.67. The first-order valence-electron chi connectivity index (χ1n) is 8.64. The molecule has 1 saturated carbocycles. The molecule has 1 saturated heterocycles. The molecule has 3 rings (SSSR count). The van der Waals surface area contributed by atoms with Crippen molar-refractivity contribution in [3.63, 3.8) is 0 Å².